The molecule has 0 fully saturated rings. The average molecular weight is 260 g/mol. The number of carboxylic acid groups (broad SMARTS) is 1. The smallest absolute Gasteiger partial charge is 0.335 e. The van der Waals surface area contributed by atoms with Crippen LogP contribution in [0.1, 0.15) is 29.3 Å². The highest BCUT2D eigenvalue weighted by Gasteiger charge is 2.21. The zero-order valence-electron chi connectivity index (χ0n) is 9.53. The molecule has 0 aromatic heterocycles. The van der Waals surface area contributed by atoms with Crippen molar-refractivity contribution in [3.8, 4) is 0 Å². The summed E-state index contributed by atoms with van der Waals surface area (Å²) in [5.74, 6) is -2.30. The highest BCUT2D eigenvalue weighted by Crippen LogP contribution is 2.22. The summed E-state index contributed by atoms with van der Waals surface area (Å²) in [5, 5.41) is 8.76. The first-order chi connectivity index (χ1) is 7.79. The summed E-state index contributed by atoms with van der Waals surface area (Å²) in [6, 6.07) is 1.83. The zero-order valence-corrected chi connectivity index (χ0v) is 10.3. The summed E-state index contributed by atoms with van der Waals surface area (Å²) in [6.07, 6.45) is 0.390. The Labute approximate surface area is 99.0 Å². The molecule has 1 rings (SSSR count). The minimum atomic E-state index is -3.62. The van der Waals surface area contributed by atoms with Crippen LogP contribution >= 0.6 is 0 Å². The quantitative estimate of drug-likeness (QED) is 0.899. The first-order valence-corrected chi connectivity index (χ1v) is 6.71. The van der Waals surface area contributed by atoms with Crippen LogP contribution in [0.3, 0.4) is 0 Å². The Morgan fingerprint density at radius 2 is 2.00 bits per heavy atom. The number of halogens is 1. The number of sulfone groups is 1. The highest BCUT2D eigenvalue weighted by atomic mass is 32.2. The van der Waals surface area contributed by atoms with Gasteiger partial charge in [-0.25, -0.2) is 17.6 Å². The predicted molar refractivity (Wildman–Crippen MR) is 60.4 cm³/mol. The van der Waals surface area contributed by atoms with Gasteiger partial charge in [0.2, 0.25) is 0 Å². The monoisotopic (exact) mass is 260 g/mol. The topological polar surface area (TPSA) is 71.4 Å². The van der Waals surface area contributed by atoms with Crippen LogP contribution in [0.4, 0.5) is 4.39 Å². The van der Waals surface area contributed by atoms with E-state index in [4.69, 9.17) is 5.11 Å². The van der Waals surface area contributed by atoms with Crippen molar-refractivity contribution in [2.24, 2.45) is 0 Å². The third kappa shape index (κ3) is 2.82. The zero-order chi connectivity index (χ0) is 13.2. The number of rotatable bonds is 4. The lowest BCUT2D eigenvalue weighted by Crippen LogP contribution is -2.11. The summed E-state index contributed by atoms with van der Waals surface area (Å²) >= 11 is 0. The Bertz CT molecular complexity index is 549. The molecule has 6 heteroatoms. The summed E-state index contributed by atoms with van der Waals surface area (Å²) < 4.78 is 37.1. The maximum Gasteiger partial charge on any atom is 0.335 e. The number of benzene rings is 1. The summed E-state index contributed by atoms with van der Waals surface area (Å²) in [5.41, 5.74) is -0.397. The van der Waals surface area contributed by atoms with Gasteiger partial charge in [0.25, 0.3) is 0 Å². The van der Waals surface area contributed by atoms with Gasteiger partial charge in [-0.15, -0.1) is 0 Å². The Morgan fingerprint density at radius 3 is 2.47 bits per heavy atom. The fourth-order valence-corrected chi connectivity index (χ4v) is 3.11. The van der Waals surface area contributed by atoms with Gasteiger partial charge in [0.15, 0.2) is 9.84 Å². The molecule has 1 aromatic rings. The second-order valence-electron chi connectivity index (χ2n) is 3.71. The third-order valence-electron chi connectivity index (χ3n) is 2.35. The predicted octanol–water partition coefficient (Wildman–Crippen LogP) is 2.02. The summed E-state index contributed by atoms with van der Waals surface area (Å²) in [7, 11) is -3.62. The van der Waals surface area contributed by atoms with Crippen molar-refractivity contribution in [1.82, 2.24) is 0 Å². The molecule has 0 aliphatic carbocycles. The standard InChI is InChI=1S/C11H13FO4S/c1-3-4-17(15,16)10-6-8(11(13)14)5-9(12)7(10)2/h5-6H,3-4H2,1-2H3,(H,13,14). The molecule has 0 unspecified atom stereocenters. The first-order valence-electron chi connectivity index (χ1n) is 5.05. The lowest BCUT2D eigenvalue weighted by molar-refractivity contribution is 0.0696. The maximum atomic E-state index is 13.4. The second kappa shape index (κ2) is 4.83. The molecule has 1 aromatic carbocycles. The Morgan fingerprint density at radius 1 is 1.41 bits per heavy atom. The van der Waals surface area contributed by atoms with Crippen molar-refractivity contribution < 1.29 is 22.7 Å². The molecule has 0 bridgehead atoms. The highest BCUT2D eigenvalue weighted by molar-refractivity contribution is 7.91. The normalized spacial score (nSPS) is 11.5. The average Bonchev–Trinajstić information content (AvgIpc) is 2.21. The van der Waals surface area contributed by atoms with Crippen LogP contribution in [0, 0.1) is 12.7 Å². The number of carboxylic acids is 1. The van der Waals surface area contributed by atoms with Crippen molar-refractivity contribution in [3.63, 3.8) is 0 Å². The van der Waals surface area contributed by atoms with Crippen molar-refractivity contribution in [1.29, 1.82) is 0 Å². The van der Waals surface area contributed by atoms with Crippen molar-refractivity contribution in [3.05, 3.63) is 29.1 Å². The fraction of sp³-hybridized carbons (Fsp3) is 0.364. The van der Waals surface area contributed by atoms with Crippen LogP contribution in [-0.2, 0) is 9.84 Å². The van der Waals surface area contributed by atoms with E-state index < -0.39 is 21.6 Å². The van der Waals surface area contributed by atoms with Crippen LogP contribution in [0.5, 0.6) is 0 Å². The lowest BCUT2D eigenvalue weighted by Gasteiger charge is -2.08. The molecular weight excluding hydrogens is 247 g/mol. The number of aromatic carboxylic acids is 1. The SMILES string of the molecule is CCCS(=O)(=O)c1cc(C(=O)O)cc(F)c1C. The first kappa shape index (κ1) is 13.6. The van der Waals surface area contributed by atoms with E-state index in [0.717, 1.165) is 12.1 Å². The van der Waals surface area contributed by atoms with Crippen LogP contribution in [0.15, 0.2) is 17.0 Å². The minimum absolute atomic E-state index is 0.0385. The maximum absolute atomic E-state index is 13.4. The van der Waals surface area contributed by atoms with Crippen LogP contribution < -0.4 is 0 Å². The molecule has 0 amide bonds. The van der Waals surface area contributed by atoms with Gasteiger partial charge in [0.05, 0.1) is 16.2 Å². The Balaban J connectivity index is 3.48. The number of hydrogen-bond acceptors (Lipinski definition) is 3. The molecule has 0 saturated carbocycles. The van der Waals surface area contributed by atoms with E-state index in [9.17, 15) is 17.6 Å². The van der Waals surface area contributed by atoms with Gasteiger partial charge in [-0.1, -0.05) is 6.92 Å². The van der Waals surface area contributed by atoms with E-state index in [1.807, 2.05) is 0 Å². The van der Waals surface area contributed by atoms with Gasteiger partial charge < -0.3 is 5.11 Å². The summed E-state index contributed by atoms with van der Waals surface area (Å²) in [4.78, 5) is 10.5. The lowest BCUT2D eigenvalue weighted by atomic mass is 10.1. The van der Waals surface area contributed by atoms with Gasteiger partial charge >= 0.3 is 5.97 Å². The van der Waals surface area contributed by atoms with E-state index >= 15 is 0 Å². The van der Waals surface area contributed by atoms with Crippen LogP contribution in [0.2, 0.25) is 0 Å². The van der Waals surface area contributed by atoms with E-state index in [1.54, 1.807) is 6.92 Å². The van der Waals surface area contributed by atoms with Crippen LogP contribution in [-0.4, -0.2) is 25.2 Å². The van der Waals surface area contributed by atoms with E-state index in [1.165, 1.54) is 6.92 Å². The number of carbonyl (C=O) groups is 1. The van der Waals surface area contributed by atoms with Gasteiger partial charge in [0.1, 0.15) is 5.82 Å². The molecule has 0 heterocycles. The van der Waals surface area contributed by atoms with Gasteiger partial charge in [-0.3, -0.25) is 0 Å². The molecule has 4 nitrogen and oxygen atoms in total. The van der Waals surface area contributed by atoms with Gasteiger partial charge in [-0.2, -0.15) is 0 Å². The number of hydrogen-bond donors (Lipinski definition) is 1. The third-order valence-corrected chi connectivity index (χ3v) is 4.39. The largest absolute Gasteiger partial charge is 0.478 e. The second-order valence-corrected chi connectivity index (χ2v) is 5.78. The molecule has 94 valence electrons. The molecule has 0 aliphatic heterocycles. The van der Waals surface area contributed by atoms with Gasteiger partial charge in [-0.05, 0) is 25.5 Å². The Kier molecular flexibility index (Phi) is 3.87. The molecule has 17 heavy (non-hydrogen) atoms. The molecular formula is C11H13FO4S. The molecule has 0 radical (unpaired) electrons. The van der Waals surface area contributed by atoms with Crippen LogP contribution in [0.25, 0.3) is 0 Å². The van der Waals surface area contributed by atoms with Crippen molar-refractivity contribution in [2.75, 3.05) is 5.75 Å². The molecule has 0 atom stereocenters. The van der Waals surface area contributed by atoms with Crippen molar-refractivity contribution >= 4 is 15.8 Å². The molecule has 0 saturated heterocycles. The summed E-state index contributed by atoms with van der Waals surface area (Å²) in [6.45, 7) is 3.01. The molecule has 0 aliphatic rings. The van der Waals surface area contributed by atoms with E-state index in [0.29, 0.717) is 6.42 Å². The van der Waals surface area contributed by atoms with Gasteiger partial charge in [0, 0.05) is 5.56 Å². The molecule has 0 spiro atoms. The van der Waals surface area contributed by atoms with Crippen molar-refractivity contribution in [2.45, 2.75) is 25.2 Å². The fourth-order valence-electron chi connectivity index (χ4n) is 1.48. The van der Waals surface area contributed by atoms with E-state index in [-0.39, 0.29) is 21.8 Å². The van der Waals surface area contributed by atoms with E-state index in [2.05, 4.69) is 0 Å². The Hall–Kier alpha value is -1.43. The minimum Gasteiger partial charge on any atom is -0.478 e. The molecule has 1 N–H and O–H groups in total.